The predicted octanol–water partition coefficient (Wildman–Crippen LogP) is 1.48. The summed E-state index contributed by atoms with van der Waals surface area (Å²) in [6, 6.07) is 3.67. The molecule has 1 saturated carbocycles. The minimum Gasteiger partial charge on any atom is -0.397 e. The Balaban J connectivity index is 2.11. The highest BCUT2D eigenvalue weighted by Crippen LogP contribution is 2.31. The Labute approximate surface area is 94.0 Å². The molecule has 0 atom stereocenters. The fourth-order valence-corrected chi connectivity index (χ4v) is 1.78. The number of hydrogen-bond acceptors (Lipinski definition) is 3. The molecular formula is C12H11N4. The van der Waals surface area contributed by atoms with E-state index in [2.05, 4.69) is 9.97 Å². The van der Waals surface area contributed by atoms with Crippen LogP contribution in [0.5, 0.6) is 0 Å². The summed E-state index contributed by atoms with van der Waals surface area (Å²) in [5.41, 5.74) is 14.3. The standard InChI is InChI=1S/C12H11N4/c13-8-5-6-9-11(10(8)14)16-12(15-9)7-3-1-2-4-7/h1-6H,13-14H2,(H,15,16). The van der Waals surface area contributed by atoms with Gasteiger partial charge in [-0.15, -0.1) is 0 Å². The van der Waals surface area contributed by atoms with Gasteiger partial charge in [0.15, 0.2) is 0 Å². The molecule has 1 aliphatic rings. The fourth-order valence-electron chi connectivity index (χ4n) is 1.78. The zero-order chi connectivity index (χ0) is 11.1. The van der Waals surface area contributed by atoms with Crippen LogP contribution in [-0.2, 0) is 0 Å². The van der Waals surface area contributed by atoms with Gasteiger partial charge in [-0.1, -0.05) is 0 Å². The number of nitrogens with zero attached hydrogens (tertiary/aromatic N) is 1. The summed E-state index contributed by atoms with van der Waals surface area (Å²) in [5, 5.41) is 0. The van der Waals surface area contributed by atoms with Gasteiger partial charge in [-0.05, 0) is 37.8 Å². The van der Waals surface area contributed by atoms with Gasteiger partial charge in [0.05, 0.1) is 16.9 Å². The second-order valence-electron chi connectivity index (χ2n) is 3.72. The second kappa shape index (κ2) is 3.40. The molecule has 4 nitrogen and oxygen atoms in total. The number of rotatable bonds is 1. The van der Waals surface area contributed by atoms with Crippen LogP contribution in [-0.4, -0.2) is 9.97 Å². The molecule has 1 aromatic heterocycles. The van der Waals surface area contributed by atoms with Gasteiger partial charge in [0.25, 0.3) is 0 Å². The van der Waals surface area contributed by atoms with Crippen molar-refractivity contribution in [3.05, 3.63) is 49.6 Å². The number of benzene rings is 1. The SMILES string of the molecule is Nc1ccc2[nH]c([C]3[CH][CH][CH][CH]3)nc2c1N. The fraction of sp³-hybridized carbons (Fsp3) is 0. The first-order valence-corrected chi connectivity index (χ1v) is 5.01. The number of aromatic nitrogens is 2. The van der Waals surface area contributed by atoms with Crippen LogP contribution in [0.4, 0.5) is 11.4 Å². The smallest absolute Gasteiger partial charge is 0.115 e. The van der Waals surface area contributed by atoms with Crippen molar-refractivity contribution in [3.63, 3.8) is 0 Å². The molecule has 1 aliphatic carbocycles. The van der Waals surface area contributed by atoms with Crippen molar-refractivity contribution in [3.8, 4) is 0 Å². The molecule has 0 bridgehead atoms. The van der Waals surface area contributed by atoms with E-state index in [1.807, 2.05) is 31.7 Å². The molecule has 2 aromatic rings. The maximum absolute atomic E-state index is 5.88. The highest BCUT2D eigenvalue weighted by atomic mass is 14.9. The van der Waals surface area contributed by atoms with E-state index in [0.29, 0.717) is 11.4 Å². The van der Waals surface area contributed by atoms with Gasteiger partial charge in [-0.2, -0.15) is 0 Å². The molecule has 0 spiro atoms. The third-order valence-corrected chi connectivity index (χ3v) is 2.66. The average molecular weight is 211 g/mol. The first-order valence-electron chi connectivity index (χ1n) is 5.01. The summed E-state index contributed by atoms with van der Waals surface area (Å²) in [7, 11) is 0. The Morgan fingerprint density at radius 2 is 1.81 bits per heavy atom. The number of aromatic amines is 1. The van der Waals surface area contributed by atoms with E-state index in [4.69, 9.17) is 11.5 Å². The number of fused-ring (bicyclic) bond motifs is 1. The van der Waals surface area contributed by atoms with Crippen molar-refractivity contribution in [1.29, 1.82) is 0 Å². The number of nitrogens with one attached hydrogen (secondary N) is 1. The van der Waals surface area contributed by atoms with E-state index in [1.54, 1.807) is 6.07 Å². The Morgan fingerprint density at radius 1 is 1.06 bits per heavy atom. The third-order valence-electron chi connectivity index (χ3n) is 2.66. The maximum atomic E-state index is 5.88. The van der Waals surface area contributed by atoms with Crippen LogP contribution in [0.15, 0.2) is 12.1 Å². The van der Waals surface area contributed by atoms with Crippen molar-refractivity contribution in [2.45, 2.75) is 0 Å². The molecule has 3 rings (SSSR count). The van der Waals surface area contributed by atoms with Gasteiger partial charge in [-0.3, -0.25) is 0 Å². The number of nitrogens with two attached hydrogens (primary N) is 2. The van der Waals surface area contributed by atoms with E-state index >= 15 is 0 Å². The third kappa shape index (κ3) is 1.33. The lowest BCUT2D eigenvalue weighted by Crippen LogP contribution is -1.97. The van der Waals surface area contributed by atoms with Crippen LogP contribution in [0.1, 0.15) is 5.82 Å². The van der Waals surface area contributed by atoms with E-state index in [-0.39, 0.29) is 0 Å². The largest absolute Gasteiger partial charge is 0.397 e. The number of nitrogen functional groups attached to an aromatic ring is 2. The van der Waals surface area contributed by atoms with Gasteiger partial charge in [-0.25, -0.2) is 4.98 Å². The zero-order valence-corrected chi connectivity index (χ0v) is 8.57. The molecule has 1 heterocycles. The number of H-pyrrole nitrogens is 1. The topological polar surface area (TPSA) is 80.7 Å². The Bertz CT molecular complexity index is 523. The molecule has 0 aliphatic heterocycles. The normalized spacial score (nSPS) is 17.2. The molecule has 5 radical (unpaired) electrons. The van der Waals surface area contributed by atoms with E-state index in [9.17, 15) is 0 Å². The maximum Gasteiger partial charge on any atom is 0.115 e. The highest BCUT2D eigenvalue weighted by molar-refractivity contribution is 5.94. The van der Waals surface area contributed by atoms with Crippen LogP contribution >= 0.6 is 0 Å². The van der Waals surface area contributed by atoms with Crippen molar-refractivity contribution in [2.24, 2.45) is 0 Å². The monoisotopic (exact) mass is 211 g/mol. The van der Waals surface area contributed by atoms with Gasteiger partial charge in [0.2, 0.25) is 0 Å². The van der Waals surface area contributed by atoms with Gasteiger partial charge < -0.3 is 16.5 Å². The van der Waals surface area contributed by atoms with Crippen LogP contribution in [0.25, 0.3) is 11.0 Å². The molecule has 4 heteroatoms. The predicted molar refractivity (Wildman–Crippen MR) is 64.5 cm³/mol. The molecule has 5 N–H and O–H groups in total. The summed E-state index contributed by atoms with van der Waals surface area (Å²) >= 11 is 0. The lowest BCUT2D eigenvalue weighted by molar-refractivity contribution is 1.10. The lowest BCUT2D eigenvalue weighted by Gasteiger charge is -2.00. The average Bonchev–Trinajstić information content (AvgIpc) is 2.91. The zero-order valence-electron chi connectivity index (χ0n) is 8.57. The summed E-state index contributed by atoms with van der Waals surface area (Å²) in [4.78, 5) is 7.67. The van der Waals surface area contributed by atoms with E-state index in [0.717, 1.165) is 22.8 Å². The van der Waals surface area contributed by atoms with E-state index in [1.165, 1.54) is 0 Å². The summed E-state index contributed by atoms with van der Waals surface area (Å²) in [6.45, 7) is 0. The molecule has 0 unspecified atom stereocenters. The van der Waals surface area contributed by atoms with Crippen LogP contribution in [0.2, 0.25) is 0 Å². The summed E-state index contributed by atoms with van der Waals surface area (Å²) in [5.74, 6) is 1.87. The van der Waals surface area contributed by atoms with Crippen LogP contribution < -0.4 is 11.5 Å². The Kier molecular flexibility index (Phi) is 2.02. The molecule has 1 aromatic carbocycles. The van der Waals surface area contributed by atoms with Gasteiger partial charge in [0.1, 0.15) is 11.3 Å². The molecule has 16 heavy (non-hydrogen) atoms. The molecule has 1 fully saturated rings. The Morgan fingerprint density at radius 3 is 2.56 bits per heavy atom. The van der Waals surface area contributed by atoms with Crippen LogP contribution in [0, 0.1) is 31.6 Å². The molecule has 0 amide bonds. The van der Waals surface area contributed by atoms with Crippen molar-refractivity contribution < 1.29 is 0 Å². The first kappa shape index (κ1) is 9.51. The second-order valence-corrected chi connectivity index (χ2v) is 3.72. The Hall–Kier alpha value is -1.71. The molecular weight excluding hydrogens is 200 g/mol. The van der Waals surface area contributed by atoms with E-state index < -0.39 is 0 Å². The van der Waals surface area contributed by atoms with Crippen molar-refractivity contribution in [1.82, 2.24) is 9.97 Å². The van der Waals surface area contributed by atoms with Crippen LogP contribution in [0.3, 0.4) is 0 Å². The number of imidazole rings is 1. The number of anilines is 2. The summed E-state index contributed by atoms with van der Waals surface area (Å²) < 4.78 is 0. The van der Waals surface area contributed by atoms with Crippen molar-refractivity contribution >= 4 is 22.4 Å². The minimum absolute atomic E-state index is 0.534. The minimum atomic E-state index is 0.534. The highest BCUT2D eigenvalue weighted by Gasteiger charge is 2.22. The summed E-state index contributed by atoms with van der Waals surface area (Å²) in [6.07, 6.45) is 7.94. The first-order chi connectivity index (χ1) is 7.75. The number of hydrogen-bond donors (Lipinski definition) is 3. The van der Waals surface area contributed by atoms with Gasteiger partial charge >= 0.3 is 0 Å². The molecule has 0 saturated heterocycles. The van der Waals surface area contributed by atoms with Crippen molar-refractivity contribution in [2.75, 3.05) is 11.5 Å². The van der Waals surface area contributed by atoms with Gasteiger partial charge in [0, 0.05) is 5.92 Å². The quantitative estimate of drug-likeness (QED) is 0.625. The lowest BCUT2D eigenvalue weighted by atomic mass is 10.1. The molecule has 79 valence electrons.